The number of carbonyl (C=O) groups is 4. The second-order valence-electron chi connectivity index (χ2n) is 19.5. The summed E-state index contributed by atoms with van der Waals surface area (Å²) < 4.78 is 28.1. The minimum absolute atomic E-state index is 0. The van der Waals surface area contributed by atoms with E-state index in [1.807, 2.05) is 0 Å². The summed E-state index contributed by atoms with van der Waals surface area (Å²) in [6.45, 7) is 11.4. The van der Waals surface area contributed by atoms with Gasteiger partial charge in [-0.2, -0.15) is 0 Å². The first-order valence-corrected chi connectivity index (χ1v) is 21.2. The maximum atomic E-state index is 15.1. The van der Waals surface area contributed by atoms with Crippen LogP contribution in [0.2, 0.25) is 0 Å². The molecule has 1 heterocycles. The molecule has 16 atom stereocenters. The smallest absolute Gasteiger partial charge is 0.408 e. The van der Waals surface area contributed by atoms with Gasteiger partial charge in [-0.15, -0.1) is 0 Å². The quantitative estimate of drug-likeness (QED) is 0.0875. The average Bonchev–Trinajstić information content (AvgIpc) is 3.19. The van der Waals surface area contributed by atoms with Crippen molar-refractivity contribution in [2.45, 2.75) is 159 Å². The number of esters is 2. The number of aliphatic hydroxyl groups is 8. The summed E-state index contributed by atoms with van der Waals surface area (Å²) in [5.41, 5.74) is -6.96. The van der Waals surface area contributed by atoms with E-state index in [1.54, 1.807) is 78.8 Å². The van der Waals surface area contributed by atoms with Crippen LogP contribution in [0.5, 0.6) is 0 Å². The predicted octanol–water partition coefficient (Wildman–Crippen LogP) is 0.478. The SMILES string of the molecule is CC1=C2C(O)C(=O)[C@]3(C)C(OC(=O)COC4OC(CO)C(O)C(O)C4O)C[C@H]4CC[C@@]4(O)C3[C@H](C)C(O)(CC1OC(=O)C(O)C(NC(=O)OC(C)(C)C)c1ccccc1)C2(C)C.[Ac]. The Morgan fingerprint density at radius 1 is 0.984 bits per heavy atom. The Kier molecular flexibility index (Phi) is 15.5. The Hall–Kier alpha value is -2.12. The number of hydrogen-bond donors (Lipinski definition) is 9. The van der Waals surface area contributed by atoms with Crippen LogP contribution in [0.15, 0.2) is 41.5 Å². The molecule has 9 N–H and O–H groups in total. The standard InChI is InChI=1S/C44H63NO17.Ac/c1-20-24(59-37(54)32(50)29(22-12-10-9-11-13-22)45-39(55)62-40(3,4)5)17-44(57)21(2)35-42(8,36(53)31(49)28(20)41(44,6)7)26(16-23-14-15-43(23,35)56)61-27(47)19-58-38-34(52)33(51)30(48)25(18-46)60-38;/h9-13,21,23-26,29-35,38,46,48-52,56-57H,14-19H2,1-8H3,(H,45,55);/t21-,23+,24?,25?,26?,29?,30?,31?,32?,33?,34?,35?,38?,42+,43-,44?;/m0./s1. The summed E-state index contributed by atoms with van der Waals surface area (Å²) in [6.07, 6.45) is -15.2. The molecule has 2 bridgehead atoms. The number of nitrogens with one attached hydrogen (secondary N) is 1. The minimum Gasteiger partial charge on any atom is -0.460 e. The molecular formula is C44H63AcNO17. The van der Waals surface area contributed by atoms with Gasteiger partial charge >= 0.3 is 18.0 Å². The molecule has 4 fully saturated rings. The van der Waals surface area contributed by atoms with Gasteiger partial charge in [0.25, 0.3) is 0 Å². The van der Waals surface area contributed by atoms with Gasteiger partial charge < -0.3 is 69.9 Å². The molecule has 1 aromatic carbocycles. The summed E-state index contributed by atoms with van der Waals surface area (Å²) in [7, 11) is 0. The molecule has 349 valence electrons. The van der Waals surface area contributed by atoms with Gasteiger partial charge in [0.1, 0.15) is 54.9 Å². The first-order valence-electron chi connectivity index (χ1n) is 21.2. The number of rotatable bonds is 10. The molecule has 19 heteroatoms. The molecule has 0 spiro atoms. The summed E-state index contributed by atoms with van der Waals surface area (Å²) in [4.78, 5) is 55.5. The van der Waals surface area contributed by atoms with Crippen LogP contribution in [-0.2, 0) is 38.1 Å². The maximum Gasteiger partial charge on any atom is 0.408 e. The normalized spacial score (nSPS) is 39.4. The van der Waals surface area contributed by atoms with Crippen molar-refractivity contribution in [2.75, 3.05) is 13.2 Å². The van der Waals surface area contributed by atoms with Gasteiger partial charge in [-0.3, -0.25) is 4.79 Å². The fourth-order valence-electron chi connectivity index (χ4n) is 11.1. The number of aliphatic hydroxyl groups excluding tert-OH is 6. The zero-order chi connectivity index (χ0) is 46.1. The van der Waals surface area contributed by atoms with Gasteiger partial charge in [-0.05, 0) is 82.4 Å². The van der Waals surface area contributed by atoms with E-state index in [0.29, 0.717) is 12.0 Å². The summed E-state index contributed by atoms with van der Waals surface area (Å²) in [5.74, 6) is -5.66. The first-order chi connectivity index (χ1) is 28.7. The fraction of sp³-hybridized carbons (Fsp3) is 0.727. The van der Waals surface area contributed by atoms with Crippen molar-refractivity contribution in [1.82, 2.24) is 5.32 Å². The van der Waals surface area contributed by atoms with Gasteiger partial charge in [-0.25, -0.2) is 14.4 Å². The Balaban J connectivity index is 0.00000748. The zero-order valence-electron chi connectivity index (χ0n) is 37.0. The van der Waals surface area contributed by atoms with Crippen molar-refractivity contribution in [1.29, 1.82) is 0 Å². The van der Waals surface area contributed by atoms with Crippen molar-refractivity contribution in [3.05, 3.63) is 47.0 Å². The molecule has 6 rings (SSSR count). The van der Waals surface area contributed by atoms with E-state index in [9.17, 15) is 55.2 Å². The predicted molar refractivity (Wildman–Crippen MR) is 214 cm³/mol. The van der Waals surface area contributed by atoms with Crippen LogP contribution < -0.4 is 5.32 Å². The number of alkyl carbamates (subject to hydrolysis) is 1. The van der Waals surface area contributed by atoms with Crippen molar-refractivity contribution in [3.63, 3.8) is 0 Å². The molecule has 12 unspecified atom stereocenters. The molecule has 1 saturated heterocycles. The molecule has 1 aromatic rings. The molecule has 1 aliphatic heterocycles. The third kappa shape index (κ3) is 9.17. The number of carbonyl (C=O) groups excluding carboxylic acids is 4. The zero-order valence-corrected chi connectivity index (χ0v) is 41.7. The topological polar surface area (TPSA) is 288 Å². The Labute approximate surface area is 402 Å². The average molecular weight is 1100 g/mol. The van der Waals surface area contributed by atoms with E-state index < -0.39 is 144 Å². The number of benzene rings is 1. The number of ketones is 1. The van der Waals surface area contributed by atoms with E-state index in [1.165, 1.54) is 6.92 Å². The van der Waals surface area contributed by atoms with Crippen LogP contribution in [0, 0.1) is 72.6 Å². The Bertz CT molecular complexity index is 1910. The van der Waals surface area contributed by atoms with Crippen LogP contribution in [0.3, 0.4) is 0 Å². The van der Waals surface area contributed by atoms with Crippen LogP contribution in [-0.4, -0.2) is 150 Å². The van der Waals surface area contributed by atoms with Gasteiger partial charge in [0.15, 0.2) is 18.2 Å². The molecule has 18 nitrogen and oxygen atoms in total. The van der Waals surface area contributed by atoms with E-state index in [4.69, 9.17) is 23.7 Å². The minimum atomic E-state index is -1.99. The van der Waals surface area contributed by atoms with Crippen molar-refractivity contribution < 1.29 is 128 Å². The van der Waals surface area contributed by atoms with Crippen molar-refractivity contribution in [3.8, 4) is 0 Å². The third-order valence-electron chi connectivity index (χ3n) is 14.6. The summed E-state index contributed by atoms with van der Waals surface area (Å²) in [6, 6.07) is 6.88. The summed E-state index contributed by atoms with van der Waals surface area (Å²) >= 11 is 0. The molecule has 1 amide bonds. The van der Waals surface area contributed by atoms with Gasteiger partial charge in [0.05, 0.1) is 29.3 Å². The molecule has 63 heavy (non-hydrogen) atoms. The molecule has 1 radical (unpaired) electrons. The van der Waals surface area contributed by atoms with Gasteiger partial charge in [0, 0.05) is 61.8 Å². The third-order valence-corrected chi connectivity index (χ3v) is 14.6. The van der Waals surface area contributed by atoms with Gasteiger partial charge in [-0.1, -0.05) is 51.1 Å². The maximum absolute atomic E-state index is 15.1. The molecule has 3 saturated carbocycles. The Morgan fingerprint density at radius 2 is 1.62 bits per heavy atom. The Morgan fingerprint density at radius 3 is 2.19 bits per heavy atom. The van der Waals surface area contributed by atoms with Crippen LogP contribution in [0.25, 0.3) is 0 Å². The van der Waals surface area contributed by atoms with Gasteiger partial charge in [0.2, 0.25) is 0 Å². The van der Waals surface area contributed by atoms with E-state index in [-0.39, 0.29) is 74.5 Å². The van der Waals surface area contributed by atoms with Crippen LogP contribution in [0.1, 0.15) is 92.7 Å². The van der Waals surface area contributed by atoms with Crippen molar-refractivity contribution in [2.24, 2.45) is 28.6 Å². The number of amides is 1. The largest absolute Gasteiger partial charge is 0.460 e. The summed E-state index contributed by atoms with van der Waals surface area (Å²) in [5, 5.41) is 92.2. The van der Waals surface area contributed by atoms with E-state index in [0.717, 1.165) is 0 Å². The van der Waals surface area contributed by atoms with E-state index in [2.05, 4.69) is 5.32 Å². The number of Topliss-reactive ketones (excluding diaryl/α,β-unsaturated/α-hetero) is 1. The van der Waals surface area contributed by atoms with E-state index >= 15 is 4.79 Å². The first kappa shape index (κ1) is 51.9. The van der Waals surface area contributed by atoms with Crippen molar-refractivity contribution >= 4 is 23.8 Å². The second kappa shape index (κ2) is 18.9. The molecule has 5 aliphatic rings. The molecule has 4 aliphatic carbocycles. The second-order valence-corrected chi connectivity index (χ2v) is 19.5. The van der Waals surface area contributed by atoms with Crippen LogP contribution in [0.4, 0.5) is 4.79 Å². The van der Waals surface area contributed by atoms with Crippen LogP contribution >= 0.6 is 0 Å². The monoisotopic (exact) mass is 1100 g/mol. The fourth-order valence-corrected chi connectivity index (χ4v) is 11.1. The molecule has 0 aromatic heterocycles. The number of ether oxygens (including phenoxy) is 5. The molecular weight excluding hydrogens is 1040 g/mol. The number of fused-ring (bicyclic) bond motifs is 5. The number of hydrogen-bond acceptors (Lipinski definition) is 17.